The molecule has 2 N–H and O–H groups in total. The number of morpholine rings is 1. The third kappa shape index (κ3) is 6.55. The van der Waals surface area contributed by atoms with Crippen molar-refractivity contribution in [1.29, 1.82) is 0 Å². The van der Waals surface area contributed by atoms with Gasteiger partial charge in [0.1, 0.15) is 0 Å². The minimum atomic E-state index is -3.45. The molecule has 2 saturated heterocycles. The Morgan fingerprint density at radius 1 is 1.10 bits per heavy atom. The lowest BCUT2D eigenvalue weighted by Gasteiger charge is -2.31. The summed E-state index contributed by atoms with van der Waals surface area (Å²) < 4.78 is 36.9. The lowest BCUT2D eigenvalue weighted by Crippen LogP contribution is -2.49. The van der Waals surface area contributed by atoms with Gasteiger partial charge in [-0.25, -0.2) is 18.0 Å². The number of nitrogens with zero attached hydrogens (tertiary/aromatic N) is 2. The molecule has 2 aliphatic rings. The van der Waals surface area contributed by atoms with Crippen LogP contribution in [0.25, 0.3) is 0 Å². The lowest BCUT2D eigenvalue weighted by atomic mass is 10.1. The van der Waals surface area contributed by atoms with Gasteiger partial charge in [-0.1, -0.05) is 24.3 Å². The highest BCUT2D eigenvalue weighted by molar-refractivity contribution is 7.88. The largest absolute Gasteiger partial charge is 0.453 e. The van der Waals surface area contributed by atoms with Crippen molar-refractivity contribution in [2.45, 2.75) is 31.2 Å². The zero-order valence-corrected chi connectivity index (χ0v) is 18.5. The van der Waals surface area contributed by atoms with Crippen molar-refractivity contribution in [1.82, 2.24) is 19.8 Å². The predicted molar refractivity (Wildman–Crippen MR) is 114 cm³/mol. The number of amides is 3. The van der Waals surface area contributed by atoms with Crippen LogP contribution in [-0.4, -0.2) is 82.3 Å². The first kappa shape index (κ1) is 23.3. The Labute approximate surface area is 182 Å². The fraction of sp³-hybridized carbons (Fsp3) is 0.600. The molecule has 1 aromatic carbocycles. The summed E-state index contributed by atoms with van der Waals surface area (Å²) in [4.78, 5) is 25.5. The van der Waals surface area contributed by atoms with Crippen LogP contribution in [0.3, 0.4) is 0 Å². The van der Waals surface area contributed by atoms with E-state index in [2.05, 4.69) is 10.6 Å². The molecule has 3 rings (SSSR count). The van der Waals surface area contributed by atoms with Crippen molar-refractivity contribution in [3.05, 3.63) is 35.4 Å². The second-order valence-corrected chi connectivity index (χ2v) is 9.56. The van der Waals surface area contributed by atoms with E-state index in [4.69, 9.17) is 9.47 Å². The van der Waals surface area contributed by atoms with Crippen molar-refractivity contribution < 1.29 is 27.5 Å². The second-order valence-electron chi connectivity index (χ2n) is 7.59. The molecule has 2 aliphatic heterocycles. The SMILES string of the molecule is COC(=O)N1CCC(NC(=O)NCc2ccccc2CS(=O)(=O)N2CCOCC2)CC1. The summed E-state index contributed by atoms with van der Waals surface area (Å²) in [5.41, 5.74) is 1.43. The molecule has 11 heteroatoms. The summed E-state index contributed by atoms with van der Waals surface area (Å²) in [7, 11) is -2.10. The third-order valence-electron chi connectivity index (χ3n) is 5.52. The van der Waals surface area contributed by atoms with E-state index in [0.29, 0.717) is 57.8 Å². The van der Waals surface area contributed by atoms with Crippen LogP contribution in [0, 0.1) is 0 Å². The monoisotopic (exact) mass is 454 g/mol. The van der Waals surface area contributed by atoms with Gasteiger partial charge in [0.15, 0.2) is 0 Å². The quantitative estimate of drug-likeness (QED) is 0.659. The summed E-state index contributed by atoms with van der Waals surface area (Å²) in [6, 6.07) is 6.86. The first-order chi connectivity index (χ1) is 14.9. The minimum Gasteiger partial charge on any atom is -0.453 e. The number of rotatable bonds is 6. The third-order valence-corrected chi connectivity index (χ3v) is 7.35. The van der Waals surface area contributed by atoms with E-state index in [-0.39, 0.29) is 30.5 Å². The minimum absolute atomic E-state index is 0.0298. The van der Waals surface area contributed by atoms with Gasteiger partial charge in [-0.2, -0.15) is 4.31 Å². The topological polar surface area (TPSA) is 117 Å². The Hall–Kier alpha value is -2.37. The predicted octanol–water partition coefficient (Wildman–Crippen LogP) is 0.879. The van der Waals surface area contributed by atoms with Crippen LogP contribution >= 0.6 is 0 Å². The molecule has 0 radical (unpaired) electrons. The fourth-order valence-corrected chi connectivity index (χ4v) is 5.29. The molecule has 0 spiro atoms. The molecule has 2 fully saturated rings. The maximum atomic E-state index is 12.7. The van der Waals surface area contributed by atoms with E-state index in [1.807, 2.05) is 12.1 Å². The first-order valence-electron chi connectivity index (χ1n) is 10.4. The maximum Gasteiger partial charge on any atom is 0.409 e. The maximum absolute atomic E-state index is 12.7. The molecule has 10 nitrogen and oxygen atoms in total. The highest BCUT2D eigenvalue weighted by atomic mass is 32.2. The molecule has 0 saturated carbocycles. The van der Waals surface area contributed by atoms with Crippen LogP contribution in [0.1, 0.15) is 24.0 Å². The normalized spacial score (nSPS) is 18.4. The Kier molecular flexibility index (Phi) is 8.10. The number of hydrogen-bond acceptors (Lipinski definition) is 6. The smallest absolute Gasteiger partial charge is 0.409 e. The van der Waals surface area contributed by atoms with Gasteiger partial charge in [0.2, 0.25) is 10.0 Å². The molecule has 172 valence electrons. The van der Waals surface area contributed by atoms with Crippen LogP contribution in [0.4, 0.5) is 9.59 Å². The van der Waals surface area contributed by atoms with Gasteiger partial charge >= 0.3 is 12.1 Å². The van der Waals surface area contributed by atoms with Crippen molar-refractivity contribution in [3.63, 3.8) is 0 Å². The van der Waals surface area contributed by atoms with Crippen LogP contribution in [-0.2, 0) is 31.8 Å². The highest BCUT2D eigenvalue weighted by Crippen LogP contribution is 2.17. The van der Waals surface area contributed by atoms with E-state index in [1.54, 1.807) is 17.0 Å². The Balaban J connectivity index is 1.51. The Morgan fingerprint density at radius 2 is 1.74 bits per heavy atom. The number of methoxy groups -OCH3 is 1. The van der Waals surface area contributed by atoms with Gasteiger partial charge in [-0.3, -0.25) is 0 Å². The molecule has 1 aromatic rings. The molecule has 3 amide bonds. The molecule has 31 heavy (non-hydrogen) atoms. The van der Waals surface area contributed by atoms with Crippen molar-refractivity contribution >= 4 is 22.1 Å². The summed E-state index contributed by atoms with van der Waals surface area (Å²) in [5, 5.41) is 5.73. The van der Waals surface area contributed by atoms with Crippen LogP contribution in [0.15, 0.2) is 24.3 Å². The number of hydrogen-bond donors (Lipinski definition) is 2. The number of urea groups is 1. The zero-order chi connectivity index (χ0) is 22.3. The average molecular weight is 455 g/mol. The molecular weight excluding hydrogens is 424 g/mol. The van der Waals surface area contributed by atoms with Crippen LogP contribution in [0.2, 0.25) is 0 Å². The van der Waals surface area contributed by atoms with E-state index < -0.39 is 10.0 Å². The molecular formula is C20H30N4O6S. The highest BCUT2D eigenvalue weighted by Gasteiger charge is 2.26. The lowest BCUT2D eigenvalue weighted by molar-refractivity contribution is 0.0729. The van der Waals surface area contributed by atoms with Crippen LogP contribution in [0.5, 0.6) is 0 Å². The molecule has 0 aliphatic carbocycles. The molecule has 0 atom stereocenters. The van der Waals surface area contributed by atoms with Crippen molar-refractivity contribution in [2.75, 3.05) is 46.5 Å². The molecule has 2 heterocycles. The molecule has 0 aromatic heterocycles. The van der Waals surface area contributed by atoms with E-state index in [1.165, 1.54) is 11.4 Å². The zero-order valence-electron chi connectivity index (χ0n) is 17.7. The van der Waals surface area contributed by atoms with Gasteiger partial charge in [0, 0.05) is 38.8 Å². The summed E-state index contributed by atoms with van der Waals surface area (Å²) in [6.07, 6.45) is 0.944. The number of piperidine rings is 1. The number of carbonyl (C=O) groups excluding carboxylic acids is 2. The number of sulfonamides is 1. The summed E-state index contributed by atoms with van der Waals surface area (Å²) in [6.45, 7) is 2.81. The second kappa shape index (κ2) is 10.8. The number of benzene rings is 1. The van der Waals surface area contributed by atoms with Crippen LogP contribution < -0.4 is 10.6 Å². The van der Waals surface area contributed by atoms with Gasteiger partial charge in [-0.05, 0) is 24.0 Å². The number of nitrogens with one attached hydrogen (secondary N) is 2. The van der Waals surface area contributed by atoms with Gasteiger partial charge < -0.3 is 25.0 Å². The summed E-state index contributed by atoms with van der Waals surface area (Å²) >= 11 is 0. The standard InChI is InChI=1S/C20H30N4O6S/c1-29-20(26)23-8-6-18(7-9-23)22-19(25)21-14-16-4-2-3-5-17(16)15-31(27,28)24-10-12-30-13-11-24/h2-5,18H,6-15H2,1H3,(H2,21,22,25). The first-order valence-corrected chi connectivity index (χ1v) is 12.0. The number of carbonyl (C=O) groups is 2. The summed E-state index contributed by atoms with van der Waals surface area (Å²) in [5.74, 6) is -0.113. The van der Waals surface area contributed by atoms with Crippen molar-refractivity contribution in [3.8, 4) is 0 Å². The van der Waals surface area contributed by atoms with Gasteiger partial charge in [0.05, 0.1) is 26.1 Å². The fourth-order valence-electron chi connectivity index (χ4n) is 3.73. The Morgan fingerprint density at radius 3 is 2.39 bits per heavy atom. The van der Waals surface area contributed by atoms with E-state index in [0.717, 1.165) is 5.56 Å². The van der Waals surface area contributed by atoms with Crippen molar-refractivity contribution in [2.24, 2.45) is 0 Å². The average Bonchev–Trinajstić information content (AvgIpc) is 2.79. The Bertz CT molecular complexity index is 864. The molecule has 0 unspecified atom stereocenters. The van der Waals surface area contributed by atoms with E-state index in [9.17, 15) is 18.0 Å². The van der Waals surface area contributed by atoms with Gasteiger partial charge in [-0.15, -0.1) is 0 Å². The molecule has 0 bridgehead atoms. The number of ether oxygens (including phenoxy) is 2. The number of likely N-dealkylation sites (tertiary alicyclic amines) is 1. The van der Waals surface area contributed by atoms with Gasteiger partial charge in [0.25, 0.3) is 0 Å². The van der Waals surface area contributed by atoms with E-state index >= 15 is 0 Å².